The fraction of sp³-hybridized carbons (Fsp3) is 0.583. The number of ether oxygens (including phenoxy) is 1. The Morgan fingerprint density at radius 3 is 2.69 bits per heavy atom. The summed E-state index contributed by atoms with van der Waals surface area (Å²) < 4.78 is 18.0. The van der Waals surface area contributed by atoms with Crippen molar-refractivity contribution in [2.24, 2.45) is 0 Å². The number of rotatable bonds is 6. The summed E-state index contributed by atoms with van der Waals surface area (Å²) in [6.45, 7) is 7.44. The maximum absolute atomic E-state index is 12.6. The van der Waals surface area contributed by atoms with Gasteiger partial charge in [0.1, 0.15) is 5.82 Å². The van der Waals surface area contributed by atoms with E-state index in [0.29, 0.717) is 6.61 Å². The lowest BCUT2D eigenvalue weighted by atomic mass is 10.2. The van der Waals surface area contributed by atoms with Crippen molar-refractivity contribution in [3.63, 3.8) is 0 Å². The van der Waals surface area contributed by atoms with Crippen LogP contribution in [0, 0.1) is 5.82 Å². The summed E-state index contributed by atoms with van der Waals surface area (Å²) in [6, 6.07) is 3.22. The topological polar surface area (TPSA) is 34.1 Å². The van der Waals surface area contributed by atoms with Gasteiger partial charge in [0.15, 0.2) is 0 Å². The third-order valence-corrected chi connectivity index (χ3v) is 2.20. The van der Waals surface area contributed by atoms with E-state index in [1.54, 1.807) is 6.07 Å². The zero-order chi connectivity index (χ0) is 12.0. The first kappa shape index (κ1) is 13.1. The Kier molecular flexibility index (Phi) is 5.35. The molecule has 1 unspecified atom stereocenters. The molecule has 0 amide bonds. The molecule has 0 aliphatic heterocycles. The second-order valence-electron chi connectivity index (χ2n) is 4.00. The molecule has 0 aliphatic carbocycles. The van der Waals surface area contributed by atoms with Crippen LogP contribution in [-0.2, 0) is 4.74 Å². The van der Waals surface area contributed by atoms with E-state index < -0.39 is 0 Å². The van der Waals surface area contributed by atoms with E-state index in [-0.39, 0.29) is 18.0 Å². The molecule has 0 fully saturated rings. The second-order valence-corrected chi connectivity index (χ2v) is 4.00. The quantitative estimate of drug-likeness (QED) is 0.756. The molecule has 0 aromatic carbocycles. The Bertz CT molecular complexity index is 300. The van der Waals surface area contributed by atoms with Crippen LogP contribution in [0.4, 0.5) is 4.39 Å². The molecule has 0 saturated carbocycles. The zero-order valence-corrected chi connectivity index (χ0v) is 10.0. The minimum atomic E-state index is -0.306. The number of hydrogen-bond acceptors (Lipinski definition) is 3. The molecule has 90 valence electrons. The molecule has 0 spiro atoms. The summed E-state index contributed by atoms with van der Waals surface area (Å²) in [6.07, 6.45) is 1.49. The first-order chi connectivity index (χ1) is 7.59. The van der Waals surface area contributed by atoms with Crippen molar-refractivity contribution in [3.05, 3.63) is 29.8 Å². The van der Waals surface area contributed by atoms with Gasteiger partial charge in [-0.3, -0.25) is 4.98 Å². The number of halogens is 1. The zero-order valence-electron chi connectivity index (χ0n) is 10.0. The Balaban J connectivity index is 2.29. The van der Waals surface area contributed by atoms with E-state index >= 15 is 0 Å². The number of nitrogens with one attached hydrogen (secondary N) is 1. The van der Waals surface area contributed by atoms with Crippen LogP contribution >= 0.6 is 0 Å². The highest BCUT2D eigenvalue weighted by molar-refractivity contribution is 5.08. The van der Waals surface area contributed by atoms with Gasteiger partial charge in [0.05, 0.1) is 24.6 Å². The molecule has 16 heavy (non-hydrogen) atoms. The van der Waals surface area contributed by atoms with E-state index in [0.717, 1.165) is 12.2 Å². The Morgan fingerprint density at radius 2 is 2.12 bits per heavy atom. The summed E-state index contributed by atoms with van der Waals surface area (Å²) >= 11 is 0. The predicted octanol–water partition coefficient (Wildman–Crippen LogP) is 2.30. The largest absolute Gasteiger partial charge is 0.377 e. The molecule has 1 rings (SSSR count). The van der Waals surface area contributed by atoms with Crippen molar-refractivity contribution in [2.45, 2.75) is 32.9 Å². The van der Waals surface area contributed by atoms with Gasteiger partial charge < -0.3 is 10.1 Å². The van der Waals surface area contributed by atoms with Gasteiger partial charge >= 0.3 is 0 Å². The van der Waals surface area contributed by atoms with Crippen LogP contribution < -0.4 is 5.32 Å². The molecule has 1 aromatic rings. The van der Waals surface area contributed by atoms with Crippen molar-refractivity contribution in [1.29, 1.82) is 0 Å². The van der Waals surface area contributed by atoms with Crippen LogP contribution in [0.5, 0.6) is 0 Å². The van der Waals surface area contributed by atoms with Crippen LogP contribution in [0.1, 0.15) is 32.5 Å². The fourth-order valence-corrected chi connectivity index (χ4v) is 1.32. The maximum atomic E-state index is 12.6. The van der Waals surface area contributed by atoms with Crippen LogP contribution in [-0.4, -0.2) is 24.2 Å². The van der Waals surface area contributed by atoms with Gasteiger partial charge in [0.2, 0.25) is 0 Å². The summed E-state index contributed by atoms with van der Waals surface area (Å²) in [4.78, 5) is 4.01. The second kappa shape index (κ2) is 6.55. The van der Waals surface area contributed by atoms with E-state index in [1.165, 1.54) is 12.3 Å². The Morgan fingerprint density at radius 1 is 1.38 bits per heavy atom. The molecular formula is C12H19FN2O. The predicted molar refractivity (Wildman–Crippen MR) is 61.7 cm³/mol. The van der Waals surface area contributed by atoms with Crippen LogP contribution in [0.15, 0.2) is 18.3 Å². The molecular weight excluding hydrogens is 207 g/mol. The normalized spacial score (nSPS) is 13.1. The minimum Gasteiger partial charge on any atom is -0.377 e. The van der Waals surface area contributed by atoms with Crippen LogP contribution in [0.2, 0.25) is 0 Å². The molecule has 0 saturated heterocycles. The molecule has 1 heterocycles. The van der Waals surface area contributed by atoms with Crippen LogP contribution in [0.25, 0.3) is 0 Å². The van der Waals surface area contributed by atoms with E-state index in [2.05, 4.69) is 10.3 Å². The monoisotopic (exact) mass is 226 g/mol. The first-order valence-corrected chi connectivity index (χ1v) is 5.56. The SMILES string of the molecule is CC(C)OCCNC(C)c1ccc(F)cn1. The van der Waals surface area contributed by atoms with Crippen molar-refractivity contribution in [3.8, 4) is 0 Å². The van der Waals surface area contributed by atoms with Crippen molar-refractivity contribution < 1.29 is 9.13 Å². The molecule has 0 radical (unpaired) electrons. The van der Waals surface area contributed by atoms with Crippen molar-refractivity contribution in [1.82, 2.24) is 10.3 Å². The number of hydrogen-bond donors (Lipinski definition) is 1. The van der Waals surface area contributed by atoms with Gasteiger partial charge in [-0.1, -0.05) is 0 Å². The molecule has 4 heteroatoms. The third kappa shape index (κ3) is 4.68. The van der Waals surface area contributed by atoms with Crippen LogP contribution in [0.3, 0.4) is 0 Å². The maximum Gasteiger partial charge on any atom is 0.141 e. The van der Waals surface area contributed by atoms with Gasteiger partial charge in [0.25, 0.3) is 0 Å². The first-order valence-electron chi connectivity index (χ1n) is 5.56. The highest BCUT2D eigenvalue weighted by Gasteiger charge is 2.05. The van der Waals surface area contributed by atoms with E-state index in [9.17, 15) is 4.39 Å². The lowest BCUT2D eigenvalue weighted by Gasteiger charge is -2.14. The molecule has 1 atom stereocenters. The molecule has 3 nitrogen and oxygen atoms in total. The van der Waals surface area contributed by atoms with Gasteiger partial charge in [0, 0.05) is 12.6 Å². The Hall–Kier alpha value is -1.00. The van der Waals surface area contributed by atoms with E-state index in [4.69, 9.17) is 4.74 Å². The highest BCUT2D eigenvalue weighted by atomic mass is 19.1. The summed E-state index contributed by atoms with van der Waals surface area (Å²) in [5.41, 5.74) is 0.839. The summed E-state index contributed by atoms with van der Waals surface area (Å²) in [5, 5.41) is 3.26. The molecule has 0 bridgehead atoms. The average molecular weight is 226 g/mol. The lowest BCUT2D eigenvalue weighted by Crippen LogP contribution is -2.25. The number of nitrogens with zero attached hydrogens (tertiary/aromatic N) is 1. The van der Waals surface area contributed by atoms with Gasteiger partial charge in [-0.25, -0.2) is 4.39 Å². The average Bonchev–Trinajstić information content (AvgIpc) is 2.25. The Labute approximate surface area is 96.0 Å². The third-order valence-electron chi connectivity index (χ3n) is 2.20. The minimum absolute atomic E-state index is 0.108. The summed E-state index contributed by atoms with van der Waals surface area (Å²) in [7, 11) is 0. The van der Waals surface area contributed by atoms with Crippen molar-refractivity contribution in [2.75, 3.05) is 13.2 Å². The molecule has 1 aromatic heterocycles. The molecule has 1 N–H and O–H groups in total. The smallest absolute Gasteiger partial charge is 0.141 e. The van der Waals surface area contributed by atoms with Gasteiger partial charge in [-0.2, -0.15) is 0 Å². The highest BCUT2D eigenvalue weighted by Crippen LogP contribution is 2.08. The fourth-order valence-electron chi connectivity index (χ4n) is 1.32. The van der Waals surface area contributed by atoms with Crippen molar-refractivity contribution >= 4 is 0 Å². The van der Waals surface area contributed by atoms with E-state index in [1.807, 2.05) is 20.8 Å². The molecule has 0 aliphatic rings. The number of aromatic nitrogens is 1. The lowest BCUT2D eigenvalue weighted by molar-refractivity contribution is 0.0795. The number of pyridine rings is 1. The summed E-state index contributed by atoms with van der Waals surface area (Å²) in [5.74, 6) is -0.306. The van der Waals surface area contributed by atoms with Gasteiger partial charge in [-0.05, 0) is 32.9 Å². The standard InChI is InChI=1S/C12H19FN2O/c1-9(2)16-7-6-14-10(3)12-5-4-11(13)8-15-12/h4-5,8-10,14H,6-7H2,1-3H3. The van der Waals surface area contributed by atoms with Gasteiger partial charge in [-0.15, -0.1) is 0 Å².